The van der Waals surface area contributed by atoms with Gasteiger partial charge in [-0.1, -0.05) is 30.3 Å². The van der Waals surface area contributed by atoms with E-state index in [4.69, 9.17) is 4.74 Å². The fraction of sp³-hybridized carbons (Fsp3) is 0.533. The molecule has 0 spiro atoms. The van der Waals surface area contributed by atoms with E-state index in [1.54, 1.807) is 0 Å². The lowest BCUT2D eigenvalue weighted by molar-refractivity contribution is -0.144. The number of benzene rings is 1. The molecule has 1 aliphatic rings. The molecular formula is C15H22N2O2. The summed E-state index contributed by atoms with van der Waals surface area (Å²) in [5.74, 6) is -0.159. The molecule has 1 saturated heterocycles. The highest BCUT2D eigenvalue weighted by Gasteiger charge is 2.25. The van der Waals surface area contributed by atoms with Gasteiger partial charge < -0.3 is 10.1 Å². The van der Waals surface area contributed by atoms with E-state index in [9.17, 15) is 4.79 Å². The summed E-state index contributed by atoms with van der Waals surface area (Å²) in [5, 5.41) is 3.19. The molecule has 1 unspecified atom stereocenters. The largest absolute Gasteiger partial charge is 0.468 e. The van der Waals surface area contributed by atoms with Gasteiger partial charge in [-0.15, -0.1) is 0 Å². The summed E-state index contributed by atoms with van der Waals surface area (Å²) in [6.45, 7) is 3.64. The zero-order valence-electron chi connectivity index (χ0n) is 11.5. The number of hydrogen-bond donors (Lipinski definition) is 1. The molecule has 0 aromatic heterocycles. The Morgan fingerprint density at radius 2 is 2.21 bits per heavy atom. The summed E-state index contributed by atoms with van der Waals surface area (Å²) in [5.41, 5.74) is 1.38. The topological polar surface area (TPSA) is 41.6 Å². The average Bonchev–Trinajstić information content (AvgIpc) is 2.48. The number of nitrogens with zero attached hydrogens (tertiary/aromatic N) is 1. The van der Waals surface area contributed by atoms with Crippen molar-refractivity contribution < 1.29 is 9.53 Å². The molecular weight excluding hydrogens is 240 g/mol. The van der Waals surface area contributed by atoms with Crippen molar-refractivity contribution in [2.24, 2.45) is 0 Å². The third kappa shape index (κ3) is 4.33. The fourth-order valence-corrected chi connectivity index (χ4v) is 2.47. The minimum Gasteiger partial charge on any atom is -0.468 e. The normalized spacial score (nSPS) is 20.2. The number of methoxy groups -OCH3 is 1. The number of rotatable bonds is 5. The lowest BCUT2D eigenvalue weighted by atomic mass is 10.1. The van der Waals surface area contributed by atoms with Crippen LogP contribution in [0.3, 0.4) is 0 Å². The van der Waals surface area contributed by atoms with Crippen LogP contribution in [0.4, 0.5) is 0 Å². The molecule has 1 aliphatic heterocycles. The minimum atomic E-state index is -0.171. The van der Waals surface area contributed by atoms with Gasteiger partial charge in [-0.05, 0) is 24.9 Å². The average molecular weight is 262 g/mol. The van der Waals surface area contributed by atoms with Gasteiger partial charge in [-0.25, -0.2) is 0 Å². The fourth-order valence-electron chi connectivity index (χ4n) is 2.47. The quantitative estimate of drug-likeness (QED) is 0.806. The Balaban J connectivity index is 1.72. The Morgan fingerprint density at radius 1 is 1.42 bits per heavy atom. The Labute approximate surface area is 114 Å². The predicted molar refractivity (Wildman–Crippen MR) is 75.0 cm³/mol. The second-order valence-electron chi connectivity index (χ2n) is 4.92. The molecule has 1 atom stereocenters. The number of hydrogen-bond acceptors (Lipinski definition) is 4. The summed E-state index contributed by atoms with van der Waals surface area (Å²) in [4.78, 5) is 13.8. The Morgan fingerprint density at radius 3 is 2.95 bits per heavy atom. The van der Waals surface area contributed by atoms with Crippen molar-refractivity contribution in [1.82, 2.24) is 10.2 Å². The standard InChI is InChI=1S/C15H22N2O2/c1-19-15(18)14-12-17(11-9-16-14)10-5-8-13-6-3-2-4-7-13/h2-4,6-7,14,16H,5,8-12H2,1H3. The smallest absolute Gasteiger partial charge is 0.324 e. The summed E-state index contributed by atoms with van der Waals surface area (Å²) >= 11 is 0. The molecule has 0 saturated carbocycles. The van der Waals surface area contributed by atoms with Crippen LogP contribution in [0.5, 0.6) is 0 Å². The maximum atomic E-state index is 11.5. The molecule has 1 N–H and O–H groups in total. The van der Waals surface area contributed by atoms with Crippen LogP contribution in [-0.4, -0.2) is 50.2 Å². The third-order valence-corrected chi connectivity index (χ3v) is 3.53. The molecule has 0 amide bonds. The van der Waals surface area contributed by atoms with Gasteiger partial charge in [0.2, 0.25) is 0 Å². The molecule has 1 aromatic carbocycles. The molecule has 4 nitrogen and oxygen atoms in total. The van der Waals surface area contributed by atoms with E-state index >= 15 is 0 Å². The highest BCUT2D eigenvalue weighted by atomic mass is 16.5. The lowest BCUT2D eigenvalue weighted by Crippen LogP contribution is -2.54. The van der Waals surface area contributed by atoms with E-state index in [2.05, 4.69) is 34.5 Å². The van der Waals surface area contributed by atoms with Gasteiger partial charge in [0.1, 0.15) is 6.04 Å². The van der Waals surface area contributed by atoms with Crippen LogP contribution in [0, 0.1) is 0 Å². The molecule has 2 rings (SSSR count). The first-order valence-electron chi connectivity index (χ1n) is 6.87. The maximum absolute atomic E-state index is 11.5. The van der Waals surface area contributed by atoms with Gasteiger partial charge in [-0.3, -0.25) is 9.69 Å². The first-order chi connectivity index (χ1) is 9.29. The number of nitrogens with one attached hydrogen (secondary N) is 1. The van der Waals surface area contributed by atoms with Crippen LogP contribution >= 0.6 is 0 Å². The van der Waals surface area contributed by atoms with E-state index in [0.717, 1.165) is 39.0 Å². The maximum Gasteiger partial charge on any atom is 0.324 e. The van der Waals surface area contributed by atoms with Crippen molar-refractivity contribution in [2.75, 3.05) is 33.3 Å². The van der Waals surface area contributed by atoms with Crippen molar-refractivity contribution in [2.45, 2.75) is 18.9 Å². The second-order valence-corrected chi connectivity index (χ2v) is 4.92. The summed E-state index contributed by atoms with van der Waals surface area (Å²) in [6.07, 6.45) is 2.21. The number of ether oxygens (including phenoxy) is 1. The van der Waals surface area contributed by atoms with Crippen LogP contribution in [0.2, 0.25) is 0 Å². The Bertz CT molecular complexity index is 394. The van der Waals surface area contributed by atoms with Crippen LogP contribution in [0.25, 0.3) is 0 Å². The van der Waals surface area contributed by atoms with Crippen LogP contribution in [0.15, 0.2) is 30.3 Å². The van der Waals surface area contributed by atoms with Crippen LogP contribution in [0.1, 0.15) is 12.0 Å². The summed E-state index contributed by atoms with van der Waals surface area (Å²) in [7, 11) is 1.44. The molecule has 4 heteroatoms. The van der Waals surface area contributed by atoms with Crippen LogP contribution < -0.4 is 5.32 Å². The highest BCUT2D eigenvalue weighted by Crippen LogP contribution is 2.06. The number of carbonyl (C=O) groups excluding carboxylic acids is 1. The molecule has 1 fully saturated rings. The number of carbonyl (C=O) groups is 1. The van der Waals surface area contributed by atoms with Gasteiger partial charge in [0.25, 0.3) is 0 Å². The van der Waals surface area contributed by atoms with Crippen molar-refractivity contribution in [3.63, 3.8) is 0 Å². The number of piperazine rings is 1. The number of esters is 1. The van der Waals surface area contributed by atoms with Crippen LogP contribution in [-0.2, 0) is 16.0 Å². The van der Waals surface area contributed by atoms with Gasteiger partial charge in [-0.2, -0.15) is 0 Å². The molecule has 19 heavy (non-hydrogen) atoms. The first-order valence-corrected chi connectivity index (χ1v) is 6.87. The first kappa shape index (κ1) is 14.0. The highest BCUT2D eigenvalue weighted by molar-refractivity contribution is 5.76. The molecule has 1 aromatic rings. The van der Waals surface area contributed by atoms with Crippen molar-refractivity contribution in [3.05, 3.63) is 35.9 Å². The van der Waals surface area contributed by atoms with Gasteiger partial charge >= 0.3 is 5.97 Å². The monoisotopic (exact) mass is 262 g/mol. The molecule has 1 heterocycles. The van der Waals surface area contributed by atoms with Gasteiger partial charge in [0.15, 0.2) is 0 Å². The second kappa shape index (κ2) is 7.26. The Hall–Kier alpha value is -1.39. The summed E-state index contributed by atoms with van der Waals surface area (Å²) < 4.78 is 4.78. The minimum absolute atomic E-state index is 0.159. The van der Waals surface area contributed by atoms with E-state index in [1.165, 1.54) is 12.7 Å². The van der Waals surface area contributed by atoms with Crippen molar-refractivity contribution >= 4 is 5.97 Å². The van der Waals surface area contributed by atoms with E-state index < -0.39 is 0 Å². The molecule has 0 radical (unpaired) electrons. The van der Waals surface area contributed by atoms with E-state index in [-0.39, 0.29) is 12.0 Å². The van der Waals surface area contributed by atoms with E-state index in [0.29, 0.717) is 0 Å². The predicted octanol–water partition coefficient (Wildman–Crippen LogP) is 1.07. The van der Waals surface area contributed by atoms with Crippen molar-refractivity contribution in [3.8, 4) is 0 Å². The molecule has 0 aliphatic carbocycles. The lowest BCUT2D eigenvalue weighted by Gasteiger charge is -2.32. The molecule has 104 valence electrons. The Kier molecular flexibility index (Phi) is 5.36. The van der Waals surface area contributed by atoms with E-state index in [1.807, 2.05) is 6.07 Å². The van der Waals surface area contributed by atoms with Gasteiger partial charge in [0.05, 0.1) is 7.11 Å². The SMILES string of the molecule is COC(=O)C1CN(CCCc2ccccc2)CCN1. The van der Waals surface area contributed by atoms with Crippen molar-refractivity contribution in [1.29, 1.82) is 0 Å². The summed E-state index contributed by atoms with van der Waals surface area (Å²) in [6, 6.07) is 10.3. The molecule has 0 bridgehead atoms. The number of aryl methyl sites for hydroxylation is 1. The zero-order chi connectivity index (χ0) is 13.5. The van der Waals surface area contributed by atoms with Gasteiger partial charge in [0, 0.05) is 19.6 Å². The zero-order valence-corrected chi connectivity index (χ0v) is 11.5. The third-order valence-electron chi connectivity index (χ3n) is 3.53.